The second kappa shape index (κ2) is 6.15. The van der Waals surface area contributed by atoms with Crippen LogP contribution >= 0.6 is 0 Å². The van der Waals surface area contributed by atoms with E-state index in [1.165, 1.54) is 0 Å². The maximum atomic E-state index is 12.0. The average Bonchev–Trinajstić information content (AvgIpc) is 2.46. The van der Waals surface area contributed by atoms with Gasteiger partial charge in [0.2, 0.25) is 0 Å². The highest BCUT2D eigenvalue weighted by Crippen LogP contribution is 2.06. The Kier molecular flexibility index (Phi) is 4.31. The minimum absolute atomic E-state index is 0.00851. The van der Waals surface area contributed by atoms with E-state index in [4.69, 9.17) is 0 Å². The molecule has 0 saturated heterocycles. The molecule has 3 nitrogen and oxygen atoms in total. The summed E-state index contributed by atoms with van der Waals surface area (Å²) in [4.78, 5) is 14.0. The van der Waals surface area contributed by atoms with Crippen LogP contribution in [0.25, 0.3) is 6.20 Å². The van der Waals surface area contributed by atoms with Gasteiger partial charge < -0.3 is 4.90 Å². The Hall–Kier alpha value is -2.42. The van der Waals surface area contributed by atoms with Gasteiger partial charge in [-0.2, -0.15) is 4.57 Å². The summed E-state index contributed by atoms with van der Waals surface area (Å²) < 4.78 is 1.86. The maximum absolute atomic E-state index is 12.0. The molecule has 0 unspecified atom stereocenters. The van der Waals surface area contributed by atoms with Crippen LogP contribution < -0.4 is 9.47 Å². The Morgan fingerprint density at radius 3 is 2.20 bits per heavy atom. The second-order valence-corrected chi connectivity index (χ2v) is 4.94. The van der Waals surface area contributed by atoms with E-state index < -0.39 is 0 Å². The second-order valence-electron chi connectivity index (χ2n) is 4.94. The van der Waals surface area contributed by atoms with E-state index in [-0.39, 0.29) is 5.78 Å². The third-order valence-corrected chi connectivity index (χ3v) is 3.09. The van der Waals surface area contributed by atoms with Gasteiger partial charge in [-0.15, -0.1) is 0 Å². The van der Waals surface area contributed by atoms with E-state index in [0.29, 0.717) is 5.56 Å². The quantitative estimate of drug-likeness (QED) is 0.483. The molecule has 2 rings (SSSR count). The summed E-state index contributed by atoms with van der Waals surface area (Å²) in [7, 11) is 3.99. The molecule has 0 aliphatic rings. The molecule has 0 bridgehead atoms. The molecule has 20 heavy (non-hydrogen) atoms. The minimum Gasteiger partial charge on any atom is -0.377 e. The minimum atomic E-state index is 0.00851. The number of rotatable bonds is 4. The number of benzene rings is 1. The SMILES string of the molecule is Cc1ccc(C(=O)/C=C/[n+]2ccc(N(C)C)cc2)cc1. The lowest BCUT2D eigenvalue weighted by atomic mass is 10.1. The van der Waals surface area contributed by atoms with Crippen molar-refractivity contribution in [1.29, 1.82) is 0 Å². The third-order valence-electron chi connectivity index (χ3n) is 3.09. The molecule has 0 saturated carbocycles. The van der Waals surface area contributed by atoms with Crippen molar-refractivity contribution in [2.45, 2.75) is 6.92 Å². The first-order chi connectivity index (χ1) is 9.56. The fourth-order valence-corrected chi connectivity index (χ4v) is 1.80. The van der Waals surface area contributed by atoms with Gasteiger partial charge >= 0.3 is 0 Å². The fourth-order valence-electron chi connectivity index (χ4n) is 1.80. The van der Waals surface area contributed by atoms with Gasteiger partial charge in [-0.25, -0.2) is 0 Å². The highest BCUT2D eigenvalue weighted by molar-refractivity contribution is 6.05. The van der Waals surface area contributed by atoms with Gasteiger partial charge in [0.15, 0.2) is 24.4 Å². The number of carbonyl (C=O) groups is 1. The summed E-state index contributed by atoms with van der Waals surface area (Å²) in [6.45, 7) is 2.01. The smallest absolute Gasteiger partial charge is 0.191 e. The number of anilines is 1. The van der Waals surface area contributed by atoms with Gasteiger partial charge in [-0.05, 0) is 6.92 Å². The summed E-state index contributed by atoms with van der Waals surface area (Å²) in [6.07, 6.45) is 7.20. The van der Waals surface area contributed by atoms with Crippen molar-refractivity contribution in [2.75, 3.05) is 19.0 Å². The van der Waals surface area contributed by atoms with Gasteiger partial charge in [0.05, 0.1) is 6.08 Å². The number of carbonyl (C=O) groups excluding carboxylic acids is 1. The van der Waals surface area contributed by atoms with Crippen molar-refractivity contribution in [3.05, 3.63) is 66.0 Å². The first-order valence-corrected chi connectivity index (χ1v) is 6.53. The average molecular weight is 267 g/mol. The van der Waals surface area contributed by atoms with Crippen molar-refractivity contribution in [3.8, 4) is 0 Å². The van der Waals surface area contributed by atoms with Crippen molar-refractivity contribution in [2.24, 2.45) is 0 Å². The Balaban J connectivity index is 2.08. The number of hydrogen-bond acceptors (Lipinski definition) is 2. The molecule has 0 amide bonds. The Morgan fingerprint density at radius 1 is 1.05 bits per heavy atom. The molecule has 0 aliphatic carbocycles. The zero-order valence-corrected chi connectivity index (χ0v) is 12.1. The number of allylic oxidation sites excluding steroid dienone is 1. The first kappa shape index (κ1) is 14.0. The molecule has 0 radical (unpaired) electrons. The van der Waals surface area contributed by atoms with E-state index in [0.717, 1.165) is 11.3 Å². The number of aryl methyl sites for hydroxylation is 1. The lowest BCUT2D eigenvalue weighted by molar-refractivity contribution is -0.568. The Bertz CT molecular complexity index is 610. The fraction of sp³-hybridized carbons (Fsp3) is 0.176. The number of nitrogens with zero attached hydrogens (tertiary/aromatic N) is 2. The third kappa shape index (κ3) is 3.54. The molecule has 1 heterocycles. The molecule has 102 valence electrons. The van der Waals surface area contributed by atoms with Crippen LogP contribution in [0, 0.1) is 6.92 Å². The summed E-state index contributed by atoms with van der Waals surface area (Å²) >= 11 is 0. The molecule has 0 fully saturated rings. The molecular weight excluding hydrogens is 248 g/mol. The molecular formula is C17H19N2O+. The van der Waals surface area contributed by atoms with Gasteiger partial charge in [0, 0.05) is 37.5 Å². The van der Waals surface area contributed by atoms with Crippen LogP contribution in [0.3, 0.4) is 0 Å². The Labute approximate surface area is 119 Å². The monoisotopic (exact) mass is 267 g/mol. The van der Waals surface area contributed by atoms with E-state index in [9.17, 15) is 4.79 Å². The highest BCUT2D eigenvalue weighted by Gasteiger charge is 2.03. The molecule has 2 aromatic rings. The first-order valence-electron chi connectivity index (χ1n) is 6.53. The summed E-state index contributed by atoms with van der Waals surface area (Å²) in [5, 5.41) is 0. The maximum Gasteiger partial charge on any atom is 0.191 e. The molecule has 1 aromatic carbocycles. The van der Waals surface area contributed by atoms with Crippen LogP contribution in [0.15, 0.2) is 54.9 Å². The van der Waals surface area contributed by atoms with Crippen LogP contribution in [0.4, 0.5) is 5.69 Å². The summed E-state index contributed by atoms with van der Waals surface area (Å²) in [5.41, 5.74) is 2.98. The molecule has 0 aliphatic heterocycles. The normalized spacial score (nSPS) is 10.8. The van der Waals surface area contributed by atoms with Gasteiger partial charge in [-0.1, -0.05) is 29.8 Å². The highest BCUT2D eigenvalue weighted by atomic mass is 16.1. The summed E-state index contributed by atoms with van der Waals surface area (Å²) in [5.74, 6) is 0.00851. The van der Waals surface area contributed by atoms with Crippen LogP contribution in [-0.2, 0) is 0 Å². The van der Waals surface area contributed by atoms with Crippen molar-refractivity contribution in [1.82, 2.24) is 0 Å². The molecule has 0 atom stereocenters. The van der Waals surface area contributed by atoms with Crippen LogP contribution in [0.2, 0.25) is 0 Å². The molecule has 0 N–H and O–H groups in total. The largest absolute Gasteiger partial charge is 0.377 e. The topological polar surface area (TPSA) is 24.2 Å². The van der Waals surface area contributed by atoms with Gasteiger partial charge in [0.25, 0.3) is 0 Å². The van der Waals surface area contributed by atoms with Crippen LogP contribution in [-0.4, -0.2) is 19.9 Å². The van der Waals surface area contributed by atoms with Crippen LogP contribution in [0.1, 0.15) is 15.9 Å². The van der Waals surface area contributed by atoms with Crippen LogP contribution in [0.5, 0.6) is 0 Å². The lowest BCUT2D eigenvalue weighted by Crippen LogP contribution is -2.25. The lowest BCUT2D eigenvalue weighted by Gasteiger charge is -2.09. The number of ketones is 1. The van der Waals surface area contributed by atoms with Crippen molar-refractivity contribution in [3.63, 3.8) is 0 Å². The van der Waals surface area contributed by atoms with E-state index in [1.54, 1.807) is 12.3 Å². The summed E-state index contributed by atoms with van der Waals surface area (Å²) in [6, 6.07) is 11.6. The van der Waals surface area contributed by atoms with E-state index in [2.05, 4.69) is 0 Å². The standard InChI is InChI=1S/C17H19N2O/c1-14-4-6-15(7-5-14)17(20)10-13-19-11-8-16(9-12-19)18(2)3/h4-13H,1-3H3/q+1/b13-10+. The predicted octanol–water partition coefficient (Wildman–Crippen LogP) is 2.70. The predicted molar refractivity (Wildman–Crippen MR) is 81.8 cm³/mol. The molecule has 1 aromatic heterocycles. The van der Waals surface area contributed by atoms with E-state index >= 15 is 0 Å². The zero-order valence-electron chi connectivity index (χ0n) is 12.1. The molecule has 0 spiro atoms. The number of aromatic nitrogens is 1. The van der Waals surface area contributed by atoms with Crippen molar-refractivity contribution >= 4 is 17.7 Å². The Morgan fingerprint density at radius 2 is 1.65 bits per heavy atom. The zero-order chi connectivity index (χ0) is 14.5. The number of hydrogen-bond donors (Lipinski definition) is 0. The van der Waals surface area contributed by atoms with E-state index in [1.807, 2.05) is 79.3 Å². The molecule has 3 heteroatoms. The van der Waals surface area contributed by atoms with Gasteiger partial charge in [-0.3, -0.25) is 4.79 Å². The number of pyridine rings is 1. The van der Waals surface area contributed by atoms with Gasteiger partial charge in [0.1, 0.15) is 0 Å². The van der Waals surface area contributed by atoms with Crippen molar-refractivity contribution < 1.29 is 9.36 Å².